The number of nitrogens with one attached hydrogen (secondary N) is 1. The van der Waals surface area contributed by atoms with E-state index in [4.69, 9.17) is 23.2 Å². The lowest BCUT2D eigenvalue weighted by molar-refractivity contribution is 0.488. The molecule has 0 radical (unpaired) electrons. The zero-order chi connectivity index (χ0) is 12.7. The first-order chi connectivity index (χ1) is 8.17. The predicted octanol–water partition coefficient (Wildman–Crippen LogP) is 4.33. The zero-order valence-electron chi connectivity index (χ0n) is 9.85. The molecule has 2 nitrogen and oxygen atoms in total. The molecule has 17 heavy (non-hydrogen) atoms. The minimum atomic E-state index is -0.418. The van der Waals surface area contributed by atoms with Gasteiger partial charge >= 0.3 is 0 Å². The summed E-state index contributed by atoms with van der Waals surface area (Å²) in [5, 5.41) is 3.31. The molecule has 1 aromatic rings. The zero-order valence-corrected chi connectivity index (χ0v) is 11.4. The van der Waals surface area contributed by atoms with Crippen molar-refractivity contribution in [3.8, 4) is 0 Å². The van der Waals surface area contributed by atoms with Crippen LogP contribution in [0.4, 0.5) is 10.2 Å². The highest BCUT2D eigenvalue weighted by Crippen LogP contribution is 2.18. The highest BCUT2D eigenvalue weighted by molar-refractivity contribution is 6.30. The third-order valence-electron chi connectivity index (χ3n) is 2.58. The summed E-state index contributed by atoms with van der Waals surface area (Å²) in [6.45, 7) is 2.81. The van der Waals surface area contributed by atoms with Crippen LogP contribution in [0.15, 0.2) is 12.3 Å². The van der Waals surface area contributed by atoms with Gasteiger partial charge in [0.25, 0.3) is 0 Å². The SMILES string of the molecule is CCCC(CCCl)CNc1ncc(Cl)cc1F. The van der Waals surface area contributed by atoms with Crippen molar-refractivity contribution in [2.24, 2.45) is 5.92 Å². The summed E-state index contributed by atoms with van der Waals surface area (Å²) in [6.07, 6.45) is 4.54. The van der Waals surface area contributed by atoms with Gasteiger partial charge in [-0.3, -0.25) is 0 Å². The summed E-state index contributed by atoms with van der Waals surface area (Å²) in [5.74, 6) is 0.918. The van der Waals surface area contributed by atoms with Gasteiger partial charge in [-0.25, -0.2) is 9.37 Å². The third-order valence-corrected chi connectivity index (χ3v) is 3.01. The highest BCUT2D eigenvalue weighted by Gasteiger charge is 2.09. The summed E-state index contributed by atoms with van der Waals surface area (Å²) < 4.78 is 13.4. The summed E-state index contributed by atoms with van der Waals surface area (Å²) in [5.41, 5.74) is 0. The molecule has 0 aliphatic rings. The lowest BCUT2D eigenvalue weighted by Crippen LogP contribution is -2.16. The maximum Gasteiger partial charge on any atom is 0.166 e. The average molecular weight is 279 g/mol. The van der Waals surface area contributed by atoms with Crippen molar-refractivity contribution >= 4 is 29.0 Å². The Kier molecular flexibility index (Phi) is 6.60. The molecule has 0 aliphatic heterocycles. The number of alkyl halides is 1. The number of rotatable bonds is 7. The standard InChI is InChI=1S/C12H17Cl2FN2/c1-2-3-9(4-5-13)7-16-12-11(15)6-10(14)8-17-12/h6,8-9H,2-5,7H2,1H3,(H,16,17). The molecule has 96 valence electrons. The molecule has 0 spiro atoms. The molecule has 1 unspecified atom stereocenters. The quantitative estimate of drug-likeness (QED) is 0.751. The van der Waals surface area contributed by atoms with E-state index in [-0.39, 0.29) is 5.82 Å². The van der Waals surface area contributed by atoms with Crippen LogP contribution in [0.2, 0.25) is 5.02 Å². The number of hydrogen-bond donors (Lipinski definition) is 1. The van der Waals surface area contributed by atoms with Gasteiger partial charge in [0.05, 0.1) is 5.02 Å². The van der Waals surface area contributed by atoms with Gasteiger partial charge in [0.2, 0.25) is 0 Å². The summed E-state index contributed by atoms with van der Waals surface area (Å²) >= 11 is 11.4. The number of pyridine rings is 1. The van der Waals surface area contributed by atoms with Crippen LogP contribution in [-0.2, 0) is 0 Å². The Morgan fingerprint density at radius 2 is 2.24 bits per heavy atom. The Hall–Kier alpha value is -0.540. The fourth-order valence-electron chi connectivity index (χ4n) is 1.70. The maximum atomic E-state index is 13.4. The Morgan fingerprint density at radius 3 is 2.82 bits per heavy atom. The van der Waals surface area contributed by atoms with Gasteiger partial charge in [0, 0.05) is 18.6 Å². The van der Waals surface area contributed by atoms with E-state index in [0.29, 0.717) is 23.4 Å². The second kappa shape index (κ2) is 7.72. The third kappa shape index (κ3) is 5.09. The molecule has 0 bridgehead atoms. The van der Waals surface area contributed by atoms with Gasteiger partial charge in [0.15, 0.2) is 11.6 Å². The highest BCUT2D eigenvalue weighted by atomic mass is 35.5. The molecule has 1 N–H and O–H groups in total. The van der Waals surface area contributed by atoms with E-state index >= 15 is 0 Å². The molecule has 0 aliphatic carbocycles. The number of halogens is 3. The van der Waals surface area contributed by atoms with Crippen LogP contribution >= 0.6 is 23.2 Å². The van der Waals surface area contributed by atoms with Gasteiger partial charge in [-0.05, 0) is 24.8 Å². The topological polar surface area (TPSA) is 24.9 Å². The van der Waals surface area contributed by atoms with E-state index in [0.717, 1.165) is 19.3 Å². The fraction of sp³-hybridized carbons (Fsp3) is 0.583. The molecule has 1 rings (SSSR count). The number of aromatic nitrogens is 1. The minimum Gasteiger partial charge on any atom is -0.367 e. The van der Waals surface area contributed by atoms with E-state index in [1.165, 1.54) is 12.3 Å². The van der Waals surface area contributed by atoms with Crippen LogP contribution in [0.25, 0.3) is 0 Å². The Bertz CT molecular complexity index is 341. The molecule has 0 saturated carbocycles. The first-order valence-corrected chi connectivity index (χ1v) is 6.69. The maximum absolute atomic E-state index is 13.4. The molecule has 1 heterocycles. The van der Waals surface area contributed by atoms with Crippen molar-refractivity contribution in [1.82, 2.24) is 4.98 Å². The summed E-state index contributed by atoms with van der Waals surface area (Å²) in [7, 11) is 0. The average Bonchev–Trinajstić information content (AvgIpc) is 2.28. The molecule has 1 aromatic heterocycles. The Morgan fingerprint density at radius 1 is 1.47 bits per heavy atom. The largest absolute Gasteiger partial charge is 0.367 e. The number of nitrogens with zero attached hydrogens (tertiary/aromatic N) is 1. The van der Waals surface area contributed by atoms with Crippen LogP contribution in [0, 0.1) is 11.7 Å². The van der Waals surface area contributed by atoms with E-state index in [1.807, 2.05) is 0 Å². The second-order valence-electron chi connectivity index (χ2n) is 4.00. The monoisotopic (exact) mass is 278 g/mol. The van der Waals surface area contributed by atoms with Crippen molar-refractivity contribution in [1.29, 1.82) is 0 Å². The van der Waals surface area contributed by atoms with Crippen molar-refractivity contribution in [2.75, 3.05) is 17.7 Å². The van der Waals surface area contributed by atoms with Crippen molar-refractivity contribution in [3.63, 3.8) is 0 Å². The van der Waals surface area contributed by atoms with Crippen LogP contribution in [0.3, 0.4) is 0 Å². The molecule has 0 saturated heterocycles. The molecular formula is C12H17Cl2FN2. The minimum absolute atomic E-state index is 0.255. The van der Waals surface area contributed by atoms with E-state index in [1.54, 1.807) is 0 Å². The fourth-order valence-corrected chi connectivity index (χ4v) is 2.15. The van der Waals surface area contributed by atoms with Crippen molar-refractivity contribution in [2.45, 2.75) is 26.2 Å². The van der Waals surface area contributed by atoms with Crippen molar-refractivity contribution in [3.05, 3.63) is 23.1 Å². The van der Waals surface area contributed by atoms with Crippen molar-refractivity contribution < 1.29 is 4.39 Å². The van der Waals surface area contributed by atoms with Crippen LogP contribution in [0.5, 0.6) is 0 Å². The van der Waals surface area contributed by atoms with Gasteiger partial charge < -0.3 is 5.32 Å². The van der Waals surface area contributed by atoms with Gasteiger partial charge in [-0.2, -0.15) is 0 Å². The molecule has 1 atom stereocenters. The number of hydrogen-bond acceptors (Lipinski definition) is 2. The Labute approximate surface area is 112 Å². The molecular weight excluding hydrogens is 262 g/mol. The lowest BCUT2D eigenvalue weighted by atomic mass is 10.0. The molecule has 0 aromatic carbocycles. The molecule has 0 fully saturated rings. The van der Waals surface area contributed by atoms with Gasteiger partial charge in [0.1, 0.15) is 0 Å². The second-order valence-corrected chi connectivity index (χ2v) is 4.81. The predicted molar refractivity (Wildman–Crippen MR) is 71.4 cm³/mol. The number of anilines is 1. The van der Waals surface area contributed by atoms with E-state index in [2.05, 4.69) is 17.2 Å². The normalized spacial score (nSPS) is 12.5. The van der Waals surface area contributed by atoms with Crippen LogP contribution in [-0.4, -0.2) is 17.4 Å². The summed E-state index contributed by atoms with van der Waals surface area (Å²) in [4.78, 5) is 3.92. The smallest absolute Gasteiger partial charge is 0.166 e. The Balaban J connectivity index is 2.52. The van der Waals surface area contributed by atoms with E-state index in [9.17, 15) is 4.39 Å². The van der Waals surface area contributed by atoms with Crippen LogP contribution < -0.4 is 5.32 Å². The lowest BCUT2D eigenvalue weighted by Gasteiger charge is -2.16. The van der Waals surface area contributed by atoms with Gasteiger partial charge in [-0.1, -0.05) is 24.9 Å². The molecule has 5 heteroatoms. The first-order valence-electron chi connectivity index (χ1n) is 5.78. The van der Waals surface area contributed by atoms with E-state index < -0.39 is 5.82 Å². The summed E-state index contributed by atoms with van der Waals surface area (Å²) in [6, 6.07) is 1.26. The van der Waals surface area contributed by atoms with Gasteiger partial charge in [-0.15, -0.1) is 11.6 Å². The van der Waals surface area contributed by atoms with Crippen LogP contribution in [0.1, 0.15) is 26.2 Å². The first kappa shape index (κ1) is 14.5. The molecule has 0 amide bonds.